The van der Waals surface area contributed by atoms with E-state index < -0.39 is 9.84 Å². The molecule has 0 saturated carbocycles. The molecule has 0 saturated heterocycles. The monoisotopic (exact) mass is 389 g/mol. The Bertz CT molecular complexity index is 875. The average Bonchev–Trinajstić information content (AvgIpc) is 2.64. The summed E-state index contributed by atoms with van der Waals surface area (Å²) in [6.45, 7) is 4.41. The van der Waals surface area contributed by atoms with Gasteiger partial charge in [0.15, 0.2) is 9.84 Å². The predicted octanol–water partition coefficient (Wildman–Crippen LogP) is 3.78. The summed E-state index contributed by atoms with van der Waals surface area (Å²) in [4.78, 5) is 14.4. The molecule has 0 aliphatic carbocycles. The molecule has 2 rings (SSSR count). The minimum Gasteiger partial charge on any atom is -0.493 e. The lowest BCUT2D eigenvalue weighted by atomic mass is 10.1. The third-order valence-corrected chi connectivity index (χ3v) is 5.78. The zero-order valence-electron chi connectivity index (χ0n) is 16.3. The number of rotatable bonds is 8. The first kappa shape index (κ1) is 21.0. The molecule has 6 heteroatoms. The highest BCUT2D eigenvalue weighted by atomic mass is 32.2. The molecule has 27 heavy (non-hydrogen) atoms. The van der Waals surface area contributed by atoms with Crippen LogP contribution < -0.4 is 4.74 Å². The Morgan fingerprint density at radius 3 is 2.33 bits per heavy atom. The van der Waals surface area contributed by atoms with Gasteiger partial charge < -0.3 is 9.64 Å². The van der Waals surface area contributed by atoms with Gasteiger partial charge in [-0.05, 0) is 49.6 Å². The van der Waals surface area contributed by atoms with Gasteiger partial charge in [-0.1, -0.05) is 30.3 Å². The second kappa shape index (κ2) is 9.04. The van der Waals surface area contributed by atoms with Crippen LogP contribution >= 0.6 is 0 Å². The van der Waals surface area contributed by atoms with Gasteiger partial charge in [0, 0.05) is 19.7 Å². The number of carbonyl (C=O) groups is 1. The van der Waals surface area contributed by atoms with E-state index >= 15 is 0 Å². The molecule has 0 heterocycles. The number of benzene rings is 2. The number of hydrogen-bond donors (Lipinski definition) is 0. The van der Waals surface area contributed by atoms with Gasteiger partial charge in [0.1, 0.15) is 5.75 Å². The molecule has 0 aliphatic heterocycles. The molecule has 1 amide bonds. The number of sulfone groups is 1. The molecular formula is C21H27NO4S. The van der Waals surface area contributed by atoms with Crippen molar-refractivity contribution < 1.29 is 17.9 Å². The van der Waals surface area contributed by atoms with Crippen LogP contribution in [0.5, 0.6) is 5.75 Å². The van der Waals surface area contributed by atoms with Gasteiger partial charge in [-0.2, -0.15) is 0 Å². The van der Waals surface area contributed by atoms with Gasteiger partial charge in [-0.15, -0.1) is 0 Å². The van der Waals surface area contributed by atoms with Gasteiger partial charge >= 0.3 is 0 Å². The molecule has 0 spiro atoms. The second-order valence-electron chi connectivity index (χ2n) is 6.74. The van der Waals surface area contributed by atoms with Crippen molar-refractivity contribution in [3.05, 3.63) is 59.7 Å². The molecule has 0 fully saturated rings. The summed E-state index contributed by atoms with van der Waals surface area (Å²) in [5, 5.41) is 0. The average molecular weight is 390 g/mol. The maximum atomic E-state index is 12.4. The van der Waals surface area contributed by atoms with Gasteiger partial charge in [0.25, 0.3) is 0 Å². The van der Waals surface area contributed by atoms with Crippen LogP contribution in [0.25, 0.3) is 0 Å². The van der Waals surface area contributed by atoms with Crippen molar-refractivity contribution in [1.82, 2.24) is 4.90 Å². The molecular weight excluding hydrogens is 362 g/mol. The first-order valence-corrected chi connectivity index (χ1v) is 10.8. The van der Waals surface area contributed by atoms with E-state index in [9.17, 15) is 13.2 Å². The number of nitrogens with zero attached hydrogens (tertiary/aromatic N) is 1. The lowest BCUT2D eigenvalue weighted by Crippen LogP contribution is -2.29. The molecule has 0 N–H and O–H groups in total. The molecule has 0 aromatic heterocycles. The van der Waals surface area contributed by atoms with Crippen LogP contribution in [0.2, 0.25) is 0 Å². The van der Waals surface area contributed by atoms with E-state index in [0.717, 1.165) is 16.9 Å². The van der Waals surface area contributed by atoms with Gasteiger partial charge in [0.05, 0.1) is 17.5 Å². The molecule has 0 radical (unpaired) electrons. The van der Waals surface area contributed by atoms with Crippen molar-refractivity contribution in [3.8, 4) is 5.75 Å². The SMILES string of the molecule is Cc1ccccc1OCCCC(=O)N(C)C(C)c1ccc(S(C)(=O)=O)cc1. The summed E-state index contributed by atoms with van der Waals surface area (Å²) in [5.74, 6) is 0.876. The van der Waals surface area contributed by atoms with Crippen LogP contribution in [-0.4, -0.2) is 39.1 Å². The van der Waals surface area contributed by atoms with Crippen LogP contribution in [0.15, 0.2) is 53.4 Å². The summed E-state index contributed by atoms with van der Waals surface area (Å²) in [7, 11) is -1.45. The van der Waals surface area contributed by atoms with Gasteiger partial charge in [0.2, 0.25) is 5.91 Å². The summed E-state index contributed by atoms with van der Waals surface area (Å²) < 4.78 is 28.8. The summed E-state index contributed by atoms with van der Waals surface area (Å²) in [5.41, 5.74) is 1.97. The standard InChI is InChI=1S/C21H27NO4S/c1-16-8-5-6-9-20(16)26-15-7-10-21(23)22(3)17(2)18-11-13-19(14-12-18)27(4,24)25/h5-6,8-9,11-14,17H,7,10,15H2,1-4H3. The Labute approximate surface area is 161 Å². The molecule has 146 valence electrons. The maximum Gasteiger partial charge on any atom is 0.222 e. The zero-order valence-corrected chi connectivity index (χ0v) is 17.1. The van der Waals surface area contributed by atoms with Crippen molar-refractivity contribution in [2.75, 3.05) is 19.9 Å². The number of para-hydroxylation sites is 1. The lowest BCUT2D eigenvalue weighted by Gasteiger charge is -2.25. The number of hydrogen-bond acceptors (Lipinski definition) is 4. The number of amides is 1. The quantitative estimate of drug-likeness (QED) is 0.645. The van der Waals surface area contributed by atoms with Gasteiger partial charge in [-0.3, -0.25) is 4.79 Å². The highest BCUT2D eigenvalue weighted by Gasteiger charge is 2.18. The van der Waals surface area contributed by atoms with E-state index in [-0.39, 0.29) is 16.8 Å². The van der Waals surface area contributed by atoms with Crippen LogP contribution in [0, 0.1) is 6.92 Å². The van der Waals surface area contributed by atoms with Gasteiger partial charge in [-0.25, -0.2) is 8.42 Å². The molecule has 2 aromatic rings. The van der Waals surface area contributed by atoms with E-state index in [0.29, 0.717) is 19.4 Å². The zero-order chi connectivity index (χ0) is 20.0. The summed E-state index contributed by atoms with van der Waals surface area (Å²) in [6, 6.07) is 14.3. The van der Waals surface area contributed by atoms with E-state index in [1.165, 1.54) is 6.26 Å². The first-order chi connectivity index (χ1) is 12.7. The molecule has 1 atom stereocenters. The Morgan fingerprint density at radius 1 is 1.11 bits per heavy atom. The van der Waals surface area contributed by atoms with Crippen molar-refractivity contribution in [2.24, 2.45) is 0 Å². The second-order valence-corrected chi connectivity index (χ2v) is 8.76. The van der Waals surface area contributed by atoms with Crippen molar-refractivity contribution in [3.63, 3.8) is 0 Å². The van der Waals surface area contributed by atoms with E-state index in [4.69, 9.17) is 4.74 Å². The summed E-state index contributed by atoms with van der Waals surface area (Å²) in [6.07, 6.45) is 2.21. The lowest BCUT2D eigenvalue weighted by molar-refractivity contribution is -0.132. The van der Waals surface area contributed by atoms with E-state index in [1.807, 2.05) is 38.1 Å². The molecule has 0 aliphatic rings. The van der Waals surface area contributed by atoms with E-state index in [1.54, 1.807) is 36.2 Å². The third kappa shape index (κ3) is 5.82. The normalized spacial score (nSPS) is 12.4. The van der Waals surface area contributed by atoms with Crippen LogP contribution in [0.1, 0.15) is 36.9 Å². The number of aryl methyl sites for hydroxylation is 1. The highest BCUT2D eigenvalue weighted by Crippen LogP contribution is 2.22. The fourth-order valence-corrected chi connectivity index (χ4v) is 3.36. The summed E-state index contributed by atoms with van der Waals surface area (Å²) >= 11 is 0. The van der Waals surface area contributed by atoms with Crippen LogP contribution in [0.4, 0.5) is 0 Å². The Hall–Kier alpha value is -2.34. The largest absolute Gasteiger partial charge is 0.493 e. The predicted molar refractivity (Wildman–Crippen MR) is 107 cm³/mol. The first-order valence-electron chi connectivity index (χ1n) is 8.94. The van der Waals surface area contributed by atoms with Crippen LogP contribution in [0.3, 0.4) is 0 Å². The highest BCUT2D eigenvalue weighted by molar-refractivity contribution is 7.90. The van der Waals surface area contributed by atoms with Crippen LogP contribution in [-0.2, 0) is 14.6 Å². The molecule has 0 bridgehead atoms. The minimum atomic E-state index is -3.22. The molecule has 1 unspecified atom stereocenters. The smallest absolute Gasteiger partial charge is 0.222 e. The fraction of sp³-hybridized carbons (Fsp3) is 0.381. The number of ether oxygens (including phenoxy) is 1. The Balaban J connectivity index is 1.86. The molecule has 5 nitrogen and oxygen atoms in total. The molecule has 2 aromatic carbocycles. The fourth-order valence-electron chi connectivity index (χ4n) is 2.73. The van der Waals surface area contributed by atoms with Crippen molar-refractivity contribution >= 4 is 15.7 Å². The minimum absolute atomic E-state index is 0.0306. The number of carbonyl (C=O) groups excluding carboxylic acids is 1. The maximum absolute atomic E-state index is 12.4. The Kier molecular flexibility index (Phi) is 7.02. The van der Waals surface area contributed by atoms with E-state index in [2.05, 4.69) is 0 Å². The van der Waals surface area contributed by atoms with Crippen molar-refractivity contribution in [2.45, 2.75) is 37.6 Å². The third-order valence-electron chi connectivity index (χ3n) is 4.65. The van der Waals surface area contributed by atoms with Crippen molar-refractivity contribution in [1.29, 1.82) is 0 Å². The Morgan fingerprint density at radius 2 is 1.74 bits per heavy atom. The topological polar surface area (TPSA) is 63.7 Å².